The van der Waals surface area contributed by atoms with Crippen molar-refractivity contribution in [3.8, 4) is 5.69 Å². The number of nitrogens with zero attached hydrogens (tertiary/aromatic N) is 3. The van der Waals surface area contributed by atoms with Gasteiger partial charge in [-0.05, 0) is 24.6 Å². The van der Waals surface area contributed by atoms with Crippen LogP contribution in [0, 0.1) is 6.92 Å². The lowest BCUT2D eigenvalue weighted by atomic mass is 9.95. The molecule has 1 heterocycles. The molecule has 2 aromatic rings. The van der Waals surface area contributed by atoms with Crippen molar-refractivity contribution in [3.63, 3.8) is 0 Å². The lowest BCUT2D eigenvalue weighted by molar-refractivity contribution is 0.0683. The Bertz CT molecular complexity index is 672. The minimum absolute atomic E-state index is 0.186. The molecular weight excluding hydrogens is 322 g/mol. The fourth-order valence-corrected chi connectivity index (χ4v) is 2.22. The van der Waals surface area contributed by atoms with E-state index in [0.717, 1.165) is 15.7 Å². The van der Waals surface area contributed by atoms with Crippen molar-refractivity contribution in [2.75, 3.05) is 0 Å². The summed E-state index contributed by atoms with van der Waals surface area (Å²) < 4.78 is 2.52. The molecule has 0 aliphatic carbocycles. The number of hydrogen-bond donors (Lipinski definition) is 1. The second-order valence-corrected chi connectivity index (χ2v) is 6.57. The van der Waals surface area contributed by atoms with E-state index >= 15 is 0 Å². The van der Waals surface area contributed by atoms with Crippen LogP contribution in [0.1, 0.15) is 42.8 Å². The Hall–Kier alpha value is -1.69. The van der Waals surface area contributed by atoms with Crippen molar-refractivity contribution < 1.29 is 9.90 Å². The van der Waals surface area contributed by atoms with Gasteiger partial charge in [-0.15, -0.1) is 5.10 Å². The van der Waals surface area contributed by atoms with Gasteiger partial charge in [-0.3, -0.25) is 0 Å². The highest BCUT2D eigenvalue weighted by molar-refractivity contribution is 9.10. The molecule has 2 rings (SSSR count). The van der Waals surface area contributed by atoms with Crippen LogP contribution >= 0.6 is 15.9 Å². The van der Waals surface area contributed by atoms with Gasteiger partial charge < -0.3 is 5.11 Å². The summed E-state index contributed by atoms with van der Waals surface area (Å²) in [4.78, 5) is 15.3. The van der Waals surface area contributed by atoms with Gasteiger partial charge in [-0.25, -0.2) is 14.5 Å². The van der Waals surface area contributed by atoms with Crippen LogP contribution in [0.2, 0.25) is 0 Å². The normalized spacial score (nSPS) is 11.7. The number of carboxylic acid groups (broad SMARTS) is 1. The molecular formula is C14H16BrN3O2. The van der Waals surface area contributed by atoms with Crippen molar-refractivity contribution >= 4 is 21.9 Å². The average Bonchev–Trinajstić information content (AvgIpc) is 2.77. The predicted molar refractivity (Wildman–Crippen MR) is 79.5 cm³/mol. The molecule has 0 atom stereocenters. The van der Waals surface area contributed by atoms with Crippen LogP contribution in [-0.2, 0) is 5.41 Å². The number of aromatic nitrogens is 3. The Labute approximate surface area is 125 Å². The van der Waals surface area contributed by atoms with E-state index in [2.05, 4.69) is 26.0 Å². The minimum Gasteiger partial charge on any atom is -0.475 e. The third kappa shape index (κ3) is 2.75. The van der Waals surface area contributed by atoms with Gasteiger partial charge in [0.25, 0.3) is 5.82 Å². The zero-order valence-corrected chi connectivity index (χ0v) is 13.4. The van der Waals surface area contributed by atoms with Crippen molar-refractivity contribution in [3.05, 3.63) is 39.9 Å². The molecule has 0 bridgehead atoms. The van der Waals surface area contributed by atoms with E-state index in [1.165, 1.54) is 0 Å². The summed E-state index contributed by atoms with van der Waals surface area (Å²) in [6.07, 6.45) is 0. The van der Waals surface area contributed by atoms with Gasteiger partial charge in [0.1, 0.15) is 5.82 Å². The molecule has 20 heavy (non-hydrogen) atoms. The lowest BCUT2D eigenvalue weighted by Crippen LogP contribution is -2.19. The van der Waals surface area contributed by atoms with Crippen LogP contribution in [0.3, 0.4) is 0 Å². The Kier molecular flexibility index (Phi) is 3.69. The zero-order valence-electron chi connectivity index (χ0n) is 11.8. The molecule has 0 amide bonds. The number of benzene rings is 1. The van der Waals surface area contributed by atoms with Crippen LogP contribution in [0.25, 0.3) is 5.69 Å². The Morgan fingerprint density at radius 1 is 1.35 bits per heavy atom. The number of carboxylic acids is 1. The first-order valence-corrected chi connectivity index (χ1v) is 6.97. The largest absolute Gasteiger partial charge is 0.475 e. The minimum atomic E-state index is -1.12. The quantitative estimate of drug-likeness (QED) is 0.912. The lowest BCUT2D eigenvalue weighted by Gasteiger charge is -2.19. The summed E-state index contributed by atoms with van der Waals surface area (Å²) in [5.41, 5.74) is 1.51. The molecule has 106 valence electrons. The molecule has 1 N–H and O–H groups in total. The number of halogens is 1. The van der Waals surface area contributed by atoms with Crippen molar-refractivity contribution in [1.29, 1.82) is 0 Å². The second-order valence-electron chi connectivity index (χ2n) is 5.66. The third-order valence-electron chi connectivity index (χ3n) is 2.87. The van der Waals surface area contributed by atoms with Gasteiger partial charge in [0.15, 0.2) is 0 Å². The molecule has 0 unspecified atom stereocenters. The number of aryl methyl sites for hydroxylation is 1. The maximum Gasteiger partial charge on any atom is 0.375 e. The molecule has 1 aromatic heterocycles. The van der Waals surface area contributed by atoms with Crippen LogP contribution in [0.15, 0.2) is 22.7 Å². The van der Waals surface area contributed by atoms with Gasteiger partial charge in [-0.2, -0.15) is 0 Å². The average molecular weight is 338 g/mol. The zero-order chi connectivity index (χ0) is 15.1. The molecule has 5 nitrogen and oxygen atoms in total. The van der Waals surface area contributed by atoms with E-state index in [-0.39, 0.29) is 11.2 Å². The maximum absolute atomic E-state index is 11.1. The summed E-state index contributed by atoms with van der Waals surface area (Å²) in [6, 6.07) is 5.80. The highest BCUT2D eigenvalue weighted by atomic mass is 79.9. The van der Waals surface area contributed by atoms with Crippen molar-refractivity contribution in [2.45, 2.75) is 33.1 Å². The molecule has 0 saturated heterocycles. The second kappa shape index (κ2) is 5.01. The standard InChI is InChI=1S/C14H16BrN3O2/c1-8-5-6-9(15)7-10(8)18-13(14(2,3)4)16-11(17-18)12(19)20/h5-7H,1-4H3,(H,19,20). The molecule has 6 heteroatoms. The topological polar surface area (TPSA) is 68.0 Å². The Morgan fingerprint density at radius 2 is 2.00 bits per heavy atom. The summed E-state index contributed by atoms with van der Waals surface area (Å²) in [6.45, 7) is 7.89. The number of aromatic carboxylic acids is 1. The monoisotopic (exact) mass is 337 g/mol. The summed E-state index contributed by atoms with van der Waals surface area (Å²) in [7, 11) is 0. The highest BCUT2D eigenvalue weighted by Gasteiger charge is 2.26. The molecule has 0 saturated carbocycles. The van der Waals surface area contributed by atoms with Crippen LogP contribution < -0.4 is 0 Å². The van der Waals surface area contributed by atoms with Gasteiger partial charge in [0, 0.05) is 9.89 Å². The van der Waals surface area contributed by atoms with E-state index in [4.69, 9.17) is 5.11 Å². The summed E-state index contributed by atoms with van der Waals surface area (Å²) >= 11 is 3.43. The van der Waals surface area contributed by atoms with E-state index in [1.54, 1.807) is 4.68 Å². The fraction of sp³-hybridized carbons (Fsp3) is 0.357. The van der Waals surface area contributed by atoms with E-state index < -0.39 is 5.97 Å². The smallest absolute Gasteiger partial charge is 0.375 e. The summed E-state index contributed by atoms with van der Waals surface area (Å²) in [5.74, 6) is -0.688. The number of carbonyl (C=O) groups is 1. The van der Waals surface area contributed by atoms with Gasteiger partial charge in [-0.1, -0.05) is 42.8 Å². The van der Waals surface area contributed by atoms with Crippen LogP contribution in [0.4, 0.5) is 0 Å². The first-order chi connectivity index (χ1) is 9.20. The fourth-order valence-electron chi connectivity index (χ4n) is 1.87. The first kappa shape index (κ1) is 14.7. The van der Waals surface area contributed by atoms with E-state index in [0.29, 0.717) is 5.82 Å². The van der Waals surface area contributed by atoms with E-state index in [9.17, 15) is 4.79 Å². The Morgan fingerprint density at radius 3 is 2.55 bits per heavy atom. The third-order valence-corrected chi connectivity index (χ3v) is 3.36. The first-order valence-electron chi connectivity index (χ1n) is 6.17. The molecule has 0 aliphatic rings. The van der Waals surface area contributed by atoms with Crippen LogP contribution in [-0.4, -0.2) is 25.8 Å². The highest BCUT2D eigenvalue weighted by Crippen LogP contribution is 2.26. The SMILES string of the molecule is Cc1ccc(Br)cc1-n1nc(C(=O)O)nc1C(C)(C)C. The predicted octanol–water partition coefficient (Wildman–Crippen LogP) is 3.33. The molecule has 0 fully saturated rings. The molecule has 1 aromatic carbocycles. The van der Waals surface area contributed by atoms with E-state index in [1.807, 2.05) is 45.9 Å². The maximum atomic E-state index is 11.1. The van der Waals surface area contributed by atoms with Gasteiger partial charge in [0.05, 0.1) is 5.69 Å². The molecule has 0 spiro atoms. The van der Waals surface area contributed by atoms with Crippen molar-refractivity contribution in [2.24, 2.45) is 0 Å². The number of rotatable bonds is 2. The van der Waals surface area contributed by atoms with Gasteiger partial charge >= 0.3 is 5.97 Å². The molecule has 0 radical (unpaired) electrons. The summed E-state index contributed by atoms with van der Waals surface area (Å²) in [5, 5.41) is 13.2. The van der Waals surface area contributed by atoms with Crippen LogP contribution in [0.5, 0.6) is 0 Å². The molecule has 0 aliphatic heterocycles. The van der Waals surface area contributed by atoms with Crippen molar-refractivity contribution in [1.82, 2.24) is 14.8 Å². The van der Waals surface area contributed by atoms with Gasteiger partial charge in [0.2, 0.25) is 0 Å². The Balaban J connectivity index is 2.72. The number of hydrogen-bond acceptors (Lipinski definition) is 3.